The first-order chi connectivity index (χ1) is 31.3. The minimum absolute atomic E-state index is 1.12. The lowest BCUT2D eigenvalue weighted by molar-refractivity contribution is 1.16. The van der Waals surface area contributed by atoms with E-state index < -0.39 is 8.07 Å². The van der Waals surface area contributed by atoms with Gasteiger partial charge < -0.3 is 9.13 Å². The van der Waals surface area contributed by atoms with Crippen molar-refractivity contribution in [3.05, 3.63) is 255 Å². The lowest BCUT2D eigenvalue weighted by Gasteiger charge is -2.35. The van der Waals surface area contributed by atoms with Crippen LogP contribution < -0.4 is 20.7 Å². The first-order valence-electron chi connectivity index (χ1n) is 21.8. The Kier molecular flexibility index (Phi) is 8.87. The van der Waals surface area contributed by atoms with E-state index in [1.54, 1.807) is 0 Å². The van der Waals surface area contributed by atoms with Gasteiger partial charge in [-0.2, -0.15) is 0 Å². The molecule has 2 nitrogen and oxygen atoms in total. The van der Waals surface area contributed by atoms with E-state index in [2.05, 4.69) is 264 Å². The van der Waals surface area contributed by atoms with Crippen molar-refractivity contribution in [1.82, 2.24) is 9.13 Å². The van der Waals surface area contributed by atoms with E-state index in [1.165, 1.54) is 86.6 Å². The molecule has 0 spiro atoms. The summed E-state index contributed by atoms with van der Waals surface area (Å²) in [6.45, 7) is 0. The Morgan fingerprint density at radius 3 is 1.33 bits per heavy atom. The zero-order valence-electron chi connectivity index (χ0n) is 34.6. The summed E-state index contributed by atoms with van der Waals surface area (Å²) in [5.41, 5.74) is 11.9. The first kappa shape index (κ1) is 36.8. The second-order valence-electron chi connectivity index (χ2n) is 16.4. The van der Waals surface area contributed by atoms with Crippen LogP contribution in [-0.4, -0.2) is 17.2 Å². The number of fused-ring (bicyclic) bond motifs is 6. The molecule has 0 bridgehead atoms. The molecule has 0 saturated carbocycles. The molecular formula is C60H42N2Si. The summed E-state index contributed by atoms with van der Waals surface area (Å²) < 4.78 is 5.01. The molecule has 0 aliphatic rings. The van der Waals surface area contributed by atoms with Gasteiger partial charge in [0.05, 0.1) is 27.8 Å². The van der Waals surface area contributed by atoms with E-state index >= 15 is 0 Å². The van der Waals surface area contributed by atoms with Crippen LogP contribution in [0.1, 0.15) is 0 Å². The molecule has 0 atom stereocenters. The van der Waals surface area contributed by atoms with Crippen molar-refractivity contribution in [1.29, 1.82) is 0 Å². The summed E-state index contributed by atoms with van der Waals surface area (Å²) in [5, 5.41) is 10.4. The number of rotatable bonds is 8. The van der Waals surface area contributed by atoms with Gasteiger partial charge in [0.15, 0.2) is 8.07 Å². The monoisotopic (exact) mass is 818 g/mol. The molecule has 0 unspecified atom stereocenters. The molecule has 0 aliphatic heterocycles. The summed E-state index contributed by atoms with van der Waals surface area (Å²) in [6.07, 6.45) is 0. The Morgan fingerprint density at radius 2 is 0.730 bits per heavy atom. The van der Waals surface area contributed by atoms with Gasteiger partial charge in [0.2, 0.25) is 0 Å². The minimum Gasteiger partial charge on any atom is -0.309 e. The topological polar surface area (TPSA) is 9.86 Å². The van der Waals surface area contributed by atoms with E-state index in [9.17, 15) is 0 Å². The minimum atomic E-state index is -2.93. The van der Waals surface area contributed by atoms with Gasteiger partial charge in [-0.15, -0.1) is 0 Å². The van der Waals surface area contributed by atoms with Gasteiger partial charge >= 0.3 is 0 Å². The van der Waals surface area contributed by atoms with Crippen molar-refractivity contribution in [2.24, 2.45) is 0 Å². The normalized spacial score (nSPS) is 11.8. The average Bonchev–Trinajstić information content (AvgIpc) is 3.88. The summed E-state index contributed by atoms with van der Waals surface area (Å²) in [7, 11) is -2.93. The molecule has 2 aromatic heterocycles. The largest absolute Gasteiger partial charge is 0.309 e. The van der Waals surface area contributed by atoms with E-state index in [4.69, 9.17) is 0 Å². The summed E-state index contributed by atoms with van der Waals surface area (Å²) in [4.78, 5) is 0. The van der Waals surface area contributed by atoms with E-state index in [1.807, 2.05) is 0 Å². The van der Waals surface area contributed by atoms with E-state index in [0.29, 0.717) is 0 Å². The van der Waals surface area contributed by atoms with Crippen LogP contribution in [0.2, 0.25) is 0 Å². The Labute approximate surface area is 368 Å². The second-order valence-corrected chi connectivity index (χ2v) is 20.2. The van der Waals surface area contributed by atoms with Crippen LogP contribution in [0.5, 0.6) is 0 Å². The van der Waals surface area contributed by atoms with Crippen molar-refractivity contribution in [2.45, 2.75) is 0 Å². The molecule has 0 saturated heterocycles. The van der Waals surface area contributed by atoms with Crippen LogP contribution in [0.25, 0.3) is 77.2 Å². The third-order valence-electron chi connectivity index (χ3n) is 13.1. The highest BCUT2D eigenvalue weighted by Crippen LogP contribution is 2.41. The predicted molar refractivity (Wildman–Crippen MR) is 270 cm³/mol. The molecule has 0 radical (unpaired) electrons. The summed E-state index contributed by atoms with van der Waals surface area (Å²) in [6, 6.07) is 94.4. The number of hydrogen-bond donors (Lipinski definition) is 0. The molecule has 296 valence electrons. The SMILES string of the molecule is c1ccc(-c2ccccc2-n2c3ccccc3c3ccc(-n4c5ccccc5c5c(-c6ccccc6)cc([Si](c6ccccc6)(c6ccccc6)c6ccccc6)cc54)cc32)cc1. The van der Waals surface area contributed by atoms with Crippen molar-refractivity contribution < 1.29 is 0 Å². The molecule has 0 fully saturated rings. The number of hydrogen-bond acceptors (Lipinski definition) is 0. The zero-order valence-corrected chi connectivity index (χ0v) is 35.6. The maximum Gasteiger partial charge on any atom is 0.179 e. The fourth-order valence-corrected chi connectivity index (χ4v) is 15.2. The van der Waals surface area contributed by atoms with Crippen LogP contribution in [-0.2, 0) is 0 Å². The van der Waals surface area contributed by atoms with Crippen LogP contribution >= 0.6 is 0 Å². The summed E-state index contributed by atoms with van der Waals surface area (Å²) >= 11 is 0. The maximum atomic E-state index is 2.55. The molecule has 10 aromatic carbocycles. The third kappa shape index (κ3) is 5.85. The number of aromatic nitrogens is 2. The fourth-order valence-electron chi connectivity index (χ4n) is 10.4. The van der Waals surface area contributed by atoms with Gasteiger partial charge in [-0.3, -0.25) is 0 Å². The van der Waals surface area contributed by atoms with Crippen molar-refractivity contribution >= 4 is 72.4 Å². The van der Waals surface area contributed by atoms with Crippen molar-refractivity contribution in [3.8, 4) is 33.6 Å². The Bertz CT molecular complexity index is 3500. The van der Waals surface area contributed by atoms with Crippen LogP contribution in [0.15, 0.2) is 255 Å². The molecule has 2 heterocycles. The number of para-hydroxylation sites is 3. The van der Waals surface area contributed by atoms with Gasteiger partial charge in [-0.25, -0.2) is 0 Å². The zero-order chi connectivity index (χ0) is 41.7. The Balaban J connectivity index is 1.22. The van der Waals surface area contributed by atoms with Crippen LogP contribution in [0, 0.1) is 0 Å². The van der Waals surface area contributed by atoms with E-state index in [-0.39, 0.29) is 0 Å². The molecule has 12 rings (SSSR count). The standard InChI is InChI=1S/C60H42N2Si/c1-6-22-43(23-7-1)50-32-16-19-35-55(50)62-56-36-20-17-33-51(56)52-39-38-45(40-58(52)62)61-57-37-21-18-34-53(57)60-54(44-24-8-2-9-25-44)41-49(42-59(60)61)63(46-26-10-3-11-27-46,47-28-12-4-13-29-47)48-30-14-5-15-31-48/h1-42H. The Hall–Kier alpha value is -7.98. The summed E-state index contributed by atoms with van der Waals surface area (Å²) in [5.74, 6) is 0. The highest BCUT2D eigenvalue weighted by molar-refractivity contribution is 7.20. The fraction of sp³-hybridized carbons (Fsp3) is 0. The second kappa shape index (κ2) is 15.2. The molecule has 12 aromatic rings. The average molecular weight is 819 g/mol. The van der Waals surface area contributed by atoms with Gasteiger partial charge in [0, 0.05) is 32.8 Å². The lowest BCUT2D eigenvalue weighted by Crippen LogP contribution is -2.74. The van der Waals surface area contributed by atoms with Crippen LogP contribution in [0.4, 0.5) is 0 Å². The molecule has 0 amide bonds. The number of benzene rings is 10. The number of nitrogens with zero attached hydrogens (tertiary/aromatic N) is 2. The van der Waals surface area contributed by atoms with Crippen LogP contribution in [0.3, 0.4) is 0 Å². The molecule has 63 heavy (non-hydrogen) atoms. The van der Waals surface area contributed by atoms with Gasteiger partial charge in [-0.1, -0.05) is 218 Å². The lowest BCUT2D eigenvalue weighted by atomic mass is 9.99. The molecular weight excluding hydrogens is 777 g/mol. The molecule has 3 heteroatoms. The van der Waals surface area contributed by atoms with Crippen molar-refractivity contribution in [3.63, 3.8) is 0 Å². The first-order valence-corrected chi connectivity index (χ1v) is 23.8. The van der Waals surface area contributed by atoms with Gasteiger partial charge in [-0.05, 0) is 73.8 Å². The maximum absolute atomic E-state index is 2.93. The van der Waals surface area contributed by atoms with Crippen molar-refractivity contribution in [2.75, 3.05) is 0 Å². The quantitative estimate of drug-likeness (QED) is 0.107. The molecule has 0 aliphatic carbocycles. The predicted octanol–water partition coefficient (Wildman–Crippen LogP) is 12.6. The van der Waals surface area contributed by atoms with Gasteiger partial charge in [0.1, 0.15) is 0 Å². The Morgan fingerprint density at radius 1 is 0.270 bits per heavy atom. The van der Waals surface area contributed by atoms with Gasteiger partial charge in [0.25, 0.3) is 0 Å². The highest BCUT2D eigenvalue weighted by Gasteiger charge is 2.42. The highest BCUT2D eigenvalue weighted by atomic mass is 28.3. The third-order valence-corrected chi connectivity index (χ3v) is 17.8. The van der Waals surface area contributed by atoms with E-state index in [0.717, 1.165) is 11.4 Å². The smallest absolute Gasteiger partial charge is 0.179 e. The molecule has 0 N–H and O–H groups in total.